The zero-order chi connectivity index (χ0) is 11.4. The third-order valence-electron chi connectivity index (χ3n) is 2.89. The maximum absolute atomic E-state index is 13.4. The summed E-state index contributed by atoms with van der Waals surface area (Å²) in [6.07, 6.45) is 2.99. The molecular weight excluding hydrogens is 210 g/mol. The molecule has 1 unspecified atom stereocenters. The molecule has 1 heterocycles. The number of hydrogen-bond acceptors (Lipinski definition) is 2. The summed E-state index contributed by atoms with van der Waals surface area (Å²) in [6.45, 7) is 1.93. The smallest absolute Gasteiger partial charge is 0.181 e. The van der Waals surface area contributed by atoms with E-state index in [1.807, 2.05) is 0 Å². The van der Waals surface area contributed by atoms with E-state index in [9.17, 15) is 8.78 Å². The summed E-state index contributed by atoms with van der Waals surface area (Å²) in [7, 11) is 0. The third-order valence-corrected chi connectivity index (χ3v) is 2.89. The van der Waals surface area contributed by atoms with Gasteiger partial charge in [0.15, 0.2) is 11.6 Å². The van der Waals surface area contributed by atoms with Crippen molar-refractivity contribution < 1.29 is 8.78 Å². The van der Waals surface area contributed by atoms with Gasteiger partial charge in [-0.15, -0.1) is 0 Å². The van der Waals surface area contributed by atoms with Gasteiger partial charge in [-0.1, -0.05) is 6.07 Å². The van der Waals surface area contributed by atoms with Crippen molar-refractivity contribution in [2.75, 3.05) is 18.4 Å². The second-order valence-corrected chi connectivity index (χ2v) is 4.12. The molecule has 4 heteroatoms. The Morgan fingerprint density at radius 3 is 2.94 bits per heavy atom. The molecule has 0 aliphatic carbocycles. The quantitative estimate of drug-likeness (QED) is 0.809. The molecule has 1 aromatic rings. The highest BCUT2D eigenvalue weighted by Crippen LogP contribution is 2.19. The van der Waals surface area contributed by atoms with Gasteiger partial charge in [0.2, 0.25) is 0 Å². The van der Waals surface area contributed by atoms with Crippen molar-refractivity contribution in [2.45, 2.75) is 25.3 Å². The highest BCUT2D eigenvalue weighted by Gasteiger charge is 2.14. The Kier molecular flexibility index (Phi) is 3.72. The predicted octanol–water partition coefficient (Wildman–Crippen LogP) is 2.52. The van der Waals surface area contributed by atoms with Crippen LogP contribution in [0.25, 0.3) is 0 Å². The molecule has 1 aliphatic rings. The fourth-order valence-electron chi connectivity index (χ4n) is 2.00. The van der Waals surface area contributed by atoms with Crippen molar-refractivity contribution in [3.63, 3.8) is 0 Å². The van der Waals surface area contributed by atoms with Gasteiger partial charge in [-0.2, -0.15) is 0 Å². The molecule has 88 valence electrons. The maximum Gasteiger partial charge on any atom is 0.181 e. The van der Waals surface area contributed by atoms with Crippen molar-refractivity contribution in [2.24, 2.45) is 0 Å². The molecule has 0 amide bonds. The van der Waals surface area contributed by atoms with Crippen molar-refractivity contribution in [1.29, 1.82) is 0 Å². The van der Waals surface area contributed by atoms with Crippen LogP contribution < -0.4 is 10.6 Å². The van der Waals surface area contributed by atoms with Crippen LogP contribution in [0.3, 0.4) is 0 Å². The number of hydrogen-bond donors (Lipinski definition) is 2. The molecule has 16 heavy (non-hydrogen) atoms. The lowest BCUT2D eigenvalue weighted by molar-refractivity contribution is 0.508. The van der Waals surface area contributed by atoms with Gasteiger partial charge in [-0.05, 0) is 44.5 Å². The SMILES string of the molecule is Fc1cccc(NC2CCCNCC2)c1F. The van der Waals surface area contributed by atoms with E-state index < -0.39 is 11.6 Å². The van der Waals surface area contributed by atoms with Crippen LogP contribution in [0, 0.1) is 11.6 Å². The number of anilines is 1. The fraction of sp³-hybridized carbons (Fsp3) is 0.500. The number of benzene rings is 1. The van der Waals surface area contributed by atoms with E-state index in [0.29, 0.717) is 0 Å². The molecule has 1 saturated heterocycles. The molecule has 0 spiro atoms. The second kappa shape index (κ2) is 5.25. The van der Waals surface area contributed by atoms with Gasteiger partial charge in [0, 0.05) is 6.04 Å². The Morgan fingerprint density at radius 1 is 1.19 bits per heavy atom. The fourth-order valence-corrected chi connectivity index (χ4v) is 2.00. The summed E-state index contributed by atoms with van der Waals surface area (Å²) < 4.78 is 26.4. The molecule has 1 fully saturated rings. The summed E-state index contributed by atoms with van der Waals surface area (Å²) in [5.74, 6) is -1.57. The average molecular weight is 226 g/mol. The molecule has 0 saturated carbocycles. The summed E-state index contributed by atoms with van der Waals surface area (Å²) >= 11 is 0. The predicted molar refractivity (Wildman–Crippen MR) is 60.5 cm³/mol. The highest BCUT2D eigenvalue weighted by atomic mass is 19.2. The minimum Gasteiger partial charge on any atom is -0.380 e. The summed E-state index contributed by atoms with van der Waals surface area (Å²) in [5.41, 5.74) is 0.270. The van der Waals surface area contributed by atoms with E-state index in [0.717, 1.165) is 38.4 Å². The first kappa shape index (κ1) is 11.3. The Labute approximate surface area is 94.0 Å². The molecule has 2 rings (SSSR count). The topological polar surface area (TPSA) is 24.1 Å². The van der Waals surface area contributed by atoms with E-state index in [-0.39, 0.29) is 11.7 Å². The van der Waals surface area contributed by atoms with E-state index >= 15 is 0 Å². The summed E-state index contributed by atoms with van der Waals surface area (Å²) in [4.78, 5) is 0. The molecule has 0 aromatic heterocycles. The minimum absolute atomic E-state index is 0.228. The normalized spacial score (nSPS) is 21.5. The molecule has 1 aliphatic heterocycles. The average Bonchev–Trinajstić information content (AvgIpc) is 2.53. The van der Waals surface area contributed by atoms with Crippen LogP contribution in [0.5, 0.6) is 0 Å². The van der Waals surface area contributed by atoms with Crippen LogP contribution in [0.1, 0.15) is 19.3 Å². The van der Waals surface area contributed by atoms with E-state index in [4.69, 9.17) is 0 Å². The largest absolute Gasteiger partial charge is 0.380 e. The molecule has 0 bridgehead atoms. The molecule has 2 N–H and O–H groups in total. The lowest BCUT2D eigenvalue weighted by atomic mass is 10.1. The van der Waals surface area contributed by atoms with Crippen LogP contribution in [0.4, 0.5) is 14.5 Å². The van der Waals surface area contributed by atoms with Crippen LogP contribution in [0.2, 0.25) is 0 Å². The van der Waals surface area contributed by atoms with Crippen LogP contribution in [0.15, 0.2) is 18.2 Å². The van der Waals surface area contributed by atoms with E-state index in [1.165, 1.54) is 6.07 Å². The first-order valence-corrected chi connectivity index (χ1v) is 5.68. The Bertz CT molecular complexity index is 347. The second-order valence-electron chi connectivity index (χ2n) is 4.12. The van der Waals surface area contributed by atoms with Gasteiger partial charge in [-0.25, -0.2) is 8.78 Å². The first-order chi connectivity index (χ1) is 7.77. The van der Waals surface area contributed by atoms with Gasteiger partial charge in [0.05, 0.1) is 5.69 Å². The van der Waals surface area contributed by atoms with E-state index in [2.05, 4.69) is 10.6 Å². The van der Waals surface area contributed by atoms with Crippen LogP contribution >= 0.6 is 0 Å². The van der Waals surface area contributed by atoms with Crippen LogP contribution in [-0.2, 0) is 0 Å². The highest BCUT2D eigenvalue weighted by molar-refractivity contribution is 5.45. The maximum atomic E-state index is 13.4. The Balaban J connectivity index is 2.04. The lowest BCUT2D eigenvalue weighted by Gasteiger charge is -2.17. The van der Waals surface area contributed by atoms with Gasteiger partial charge in [0.25, 0.3) is 0 Å². The van der Waals surface area contributed by atoms with E-state index in [1.54, 1.807) is 6.07 Å². The standard InChI is InChI=1S/C12H16F2N2/c13-10-4-1-5-11(12(10)14)16-9-3-2-7-15-8-6-9/h1,4-5,9,15-16H,2-3,6-8H2. The monoisotopic (exact) mass is 226 g/mol. The first-order valence-electron chi connectivity index (χ1n) is 5.68. The number of halogens is 2. The summed E-state index contributed by atoms with van der Waals surface area (Å²) in [5, 5.41) is 6.36. The Hall–Kier alpha value is -1.16. The van der Waals surface area contributed by atoms with Gasteiger partial charge in [-0.3, -0.25) is 0 Å². The molecule has 0 radical (unpaired) electrons. The molecular formula is C12H16F2N2. The zero-order valence-electron chi connectivity index (χ0n) is 9.10. The zero-order valence-corrected chi connectivity index (χ0v) is 9.10. The van der Waals surface area contributed by atoms with Crippen molar-refractivity contribution in [1.82, 2.24) is 5.32 Å². The minimum atomic E-state index is -0.795. The molecule has 1 aromatic carbocycles. The third kappa shape index (κ3) is 2.70. The van der Waals surface area contributed by atoms with Crippen molar-refractivity contribution in [3.05, 3.63) is 29.8 Å². The Morgan fingerprint density at radius 2 is 2.06 bits per heavy atom. The van der Waals surface area contributed by atoms with Crippen LogP contribution in [-0.4, -0.2) is 19.1 Å². The molecule has 1 atom stereocenters. The van der Waals surface area contributed by atoms with Crippen molar-refractivity contribution in [3.8, 4) is 0 Å². The molecule has 2 nitrogen and oxygen atoms in total. The van der Waals surface area contributed by atoms with Gasteiger partial charge in [0.1, 0.15) is 0 Å². The van der Waals surface area contributed by atoms with Gasteiger partial charge < -0.3 is 10.6 Å². The number of rotatable bonds is 2. The summed E-state index contributed by atoms with van der Waals surface area (Å²) in [6, 6.07) is 4.47. The van der Waals surface area contributed by atoms with Crippen molar-refractivity contribution >= 4 is 5.69 Å². The van der Waals surface area contributed by atoms with Gasteiger partial charge >= 0.3 is 0 Å². The lowest BCUT2D eigenvalue weighted by Crippen LogP contribution is -2.22. The number of nitrogens with one attached hydrogen (secondary N) is 2.